The lowest BCUT2D eigenvalue weighted by atomic mass is 9.81. The minimum absolute atomic E-state index is 0.121. The van der Waals surface area contributed by atoms with E-state index in [2.05, 4.69) is 27.8 Å². The molecule has 82 valence electrons. The van der Waals surface area contributed by atoms with E-state index >= 15 is 0 Å². The molecule has 0 aromatic carbocycles. The molecule has 2 rings (SSSR count). The summed E-state index contributed by atoms with van der Waals surface area (Å²) in [6, 6.07) is 1.95. The molecular weight excluding hydrogens is 275 g/mol. The Morgan fingerprint density at radius 1 is 1.67 bits per heavy atom. The second-order valence-corrected chi connectivity index (χ2v) is 6.22. The first-order chi connectivity index (χ1) is 7.01. The summed E-state index contributed by atoms with van der Waals surface area (Å²) < 4.78 is 0. The summed E-state index contributed by atoms with van der Waals surface area (Å²) in [4.78, 5) is 4.71. The number of nitrogen functional groups attached to an aromatic ring is 1. The van der Waals surface area contributed by atoms with Gasteiger partial charge in [-0.3, -0.25) is 0 Å². The van der Waals surface area contributed by atoms with E-state index in [-0.39, 0.29) is 5.41 Å². The third-order valence-corrected chi connectivity index (χ3v) is 4.21. The predicted octanol–water partition coefficient (Wildman–Crippen LogP) is 3.52. The fourth-order valence-corrected chi connectivity index (χ4v) is 3.45. The van der Waals surface area contributed by atoms with Crippen LogP contribution >= 0.6 is 27.5 Å². The van der Waals surface area contributed by atoms with Gasteiger partial charge in [-0.25, -0.2) is 4.98 Å². The third kappa shape index (κ3) is 2.13. The number of hydrogen-bond donors (Lipinski definition) is 1. The van der Waals surface area contributed by atoms with Crippen molar-refractivity contribution in [2.45, 2.75) is 36.4 Å². The molecule has 2 atom stereocenters. The summed E-state index contributed by atoms with van der Waals surface area (Å²) in [5.41, 5.74) is 7.13. The molecule has 1 fully saturated rings. The zero-order chi connectivity index (χ0) is 11.1. The van der Waals surface area contributed by atoms with Gasteiger partial charge in [-0.1, -0.05) is 34.5 Å². The Morgan fingerprint density at radius 2 is 2.40 bits per heavy atom. The van der Waals surface area contributed by atoms with Gasteiger partial charge in [0.15, 0.2) is 0 Å². The Morgan fingerprint density at radius 3 is 3.00 bits per heavy atom. The zero-order valence-electron chi connectivity index (χ0n) is 8.63. The summed E-state index contributed by atoms with van der Waals surface area (Å²) in [5, 5.41) is 0.665. The first-order valence-corrected chi connectivity index (χ1v) is 6.36. The molecule has 0 saturated heterocycles. The molecule has 1 aromatic rings. The predicted molar refractivity (Wildman–Crippen MR) is 67.6 cm³/mol. The number of anilines is 1. The molecule has 0 bridgehead atoms. The van der Waals surface area contributed by atoms with Crippen LogP contribution in [0.2, 0.25) is 5.02 Å². The van der Waals surface area contributed by atoms with Crippen molar-refractivity contribution < 1.29 is 0 Å². The van der Waals surface area contributed by atoms with Gasteiger partial charge in [-0.15, -0.1) is 0 Å². The monoisotopic (exact) mass is 288 g/mol. The molecule has 1 heterocycles. The van der Waals surface area contributed by atoms with Crippen molar-refractivity contribution >= 4 is 33.3 Å². The van der Waals surface area contributed by atoms with Gasteiger partial charge in [-0.05, 0) is 30.7 Å². The van der Waals surface area contributed by atoms with Crippen LogP contribution in [-0.2, 0) is 5.41 Å². The normalized spacial score (nSPS) is 30.7. The summed E-state index contributed by atoms with van der Waals surface area (Å²) in [7, 11) is 0. The average molecular weight is 290 g/mol. The van der Waals surface area contributed by atoms with Crippen molar-refractivity contribution in [3.05, 3.63) is 22.8 Å². The molecule has 1 aliphatic rings. The Kier molecular flexibility index (Phi) is 2.95. The van der Waals surface area contributed by atoms with Gasteiger partial charge in [0.2, 0.25) is 0 Å². The number of nitrogens with two attached hydrogens (primary N) is 1. The molecular formula is C11H14BrClN2. The maximum Gasteiger partial charge on any atom is 0.127 e. The minimum atomic E-state index is 0.121. The maximum absolute atomic E-state index is 5.96. The molecule has 0 spiro atoms. The Balaban J connectivity index is 2.40. The summed E-state index contributed by atoms with van der Waals surface area (Å²) in [5.74, 6) is 0.614. The number of alkyl halides is 1. The number of pyridine rings is 1. The topological polar surface area (TPSA) is 38.9 Å². The van der Waals surface area contributed by atoms with Gasteiger partial charge in [-0.2, -0.15) is 0 Å². The van der Waals surface area contributed by atoms with Crippen LogP contribution in [0, 0.1) is 0 Å². The maximum atomic E-state index is 5.96. The van der Waals surface area contributed by atoms with E-state index in [1.165, 1.54) is 6.42 Å². The molecule has 0 radical (unpaired) electrons. The van der Waals surface area contributed by atoms with Crippen LogP contribution in [0.25, 0.3) is 0 Å². The van der Waals surface area contributed by atoms with Crippen molar-refractivity contribution in [1.82, 2.24) is 4.98 Å². The lowest BCUT2D eigenvalue weighted by Gasteiger charge is -2.25. The lowest BCUT2D eigenvalue weighted by molar-refractivity contribution is 0.493. The smallest absolute Gasteiger partial charge is 0.127 e. The fraction of sp³-hybridized carbons (Fsp3) is 0.545. The Bertz CT molecular complexity index is 383. The molecule has 15 heavy (non-hydrogen) atoms. The summed E-state index contributed by atoms with van der Waals surface area (Å²) in [6.07, 6.45) is 5.02. The SMILES string of the molecule is CC1(c2cc(Cl)cnc2N)CCC(Br)C1. The molecule has 4 heteroatoms. The number of nitrogens with zero attached hydrogens (tertiary/aromatic N) is 1. The van der Waals surface area contributed by atoms with E-state index in [1.807, 2.05) is 6.07 Å². The summed E-state index contributed by atoms with van der Waals surface area (Å²) >= 11 is 9.62. The highest BCUT2D eigenvalue weighted by atomic mass is 79.9. The van der Waals surface area contributed by atoms with E-state index in [0.717, 1.165) is 18.4 Å². The van der Waals surface area contributed by atoms with Crippen LogP contribution in [0.1, 0.15) is 31.7 Å². The van der Waals surface area contributed by atoms with Crippen molar-refractivity contribution in [3.63, 3.8) is 0 Å². The highest BCUT2D eigenvalue weighted by Gasteiger charge is 2.37. The van der Waals surface area contributed by atoms with E-state index in [0.29, 0.717) is 15.7 Å². The van der Waals surface area contributed by atoms with Gasteiger partial charge in [0.1, 0.15) is 5.82 Å². The molecule has 2 nitrogen and oxygen atoms in total. The molecule has 1 aromatic heterocycles. The van der Waals surface area contributed by atoms with E-state index in [1.54, 1.807) is 6.20 Å². The molecule has 1 aliphatic carbocycles. The summed E-state index contributed by atoms with van der Waals surface area (Å²) in [6.45, 7) is 2.23. The first kappa shape index (κ1) is 11.2. The lowest BCUT2D eigenvalue weighted by Crippen LogP contribution is -2.20. The highest BCUT2D eigenvalue weighted by Crippen LogP contribution is 2.45. The van der Waals surface area contributed by atoms with Gasteiger partial charge >= 0.3 is 0 Å². The van der Waals surface area contributed by atoms with Crippen LogP contribution < -0.4 is 5.73 Å². The van der Waals surface area contributed by atoms with E-state index in [4.69, 9.17) is 17.3 Å². The first-order valence-electron chi connectivity index (χ1n) is 5.07. The van der Waals surface area contributed by atoms with Gasteiger partial charge in [0.25, 0.3) is 0 Å². The quantitative estimate of drug-likeness (QED) is 0.803. The number of halogens is 2. The van der Waals surface area contributed by atoms with Gasteiger partial charge < -0.3 is 5.73 Å². The van der Waals surface area contributed by atoms with Crippen LogP contribution in [0.5, 0.6) is 0 Å². The highest BCUT2D eigenvalue weighted by molar-refractivity contribution is 9.09. The van der Waals surface area contributed by atoms with Crippen LogP contribution in [0.3, 0.4) is 0 Å². The molecule has 0 amide bonds. The average Bonchev–Trinajstić information content (AvgIpc) is 2.52. The van der Waals surface area contributed by atoms with Crippen molar-refractivity contribution in [1.29, 1.82) is 0 Å². The van der Waals surface area contributed by atoms with E-state index in [9.17, 15) is 0 Å². The minimum Gasteiger partial charge on any atom is -0.383 e. The van der Waals surface area contributed by atoms with Crippen molar-refractivity contribution in [2.24, 2.45) is 0 Å². The van der Waals surface area contributed by atoms with Crippen molar-refractivity contribution in [2.75, 3.05) is 5.73 Å². The van der Waals surface area contributed by atoms with E-state index < -0.39 is 0 Å². The molecule has 2 unspecified atom stereocenters. The number of rotatable bonds is 1. The third-order valence-electron chi connectivity index (χ3n) is 3.22. The van der Waals surface area contributed by atoms with Crippen LogP contribution in [0.4, 0.5) is 5.82 Å². The van der Waals surface area contributed by atoms with Crippen LogP contribution in [0.15, 0.2) is 12.3 Å². The van der Waals surface area contributed by atoms with Gasteiger partial charge in [0, 0.05) is 16.6 Å². The number of aromatic nitrogens is 1. The molecule has 0 aliphatic heterocycles. The Labute approximate surface area is 103 Å². The second-order valence-electron chi connectivity index (χ2n) is 4.49. The van der Waals surface area contributed by atoms with Gasteiger partial charge in [0.05, 0.1) is 5.02 Å². The largest absolute Gasteiger partial charge is 0.383 e. The second kappa shape index (κ2) is 3.95. The molecule has 2 N–H and O–H groups in total. The Hall–Kier alpha value is -0.280. The standard InChI is InChI=1S/C11H14BrClN2/c1-11(3-2-7(12)5-11)9-4-8(13)6-15-10(9)14/h4,6-7H,2-3,5H2,1H3,(H2,14,15). The molecule has 1 saturated carbocycles. The number of hydrogen-bond acceptors (Lipinski definition) is 2. The van der Waals surface area contributed by atoms with Crippen molar-refractivity contribution in [3.8, 4) is 0 Å². The fourth-order valence-electron chi connectivity index (χ4n) is 2.35. The van der Waals surface area contributed by atoms with Crippen LogP contribution in [-0.4, -0.2) is 9.81 Å². The zero-order valence-corrected chi connectivity index (χ0v) is 11.0.